The van der Waals surface area contributed by atoms with Crippen LogP contribution in [0.5, 0.6) is 0 Å². The lowest BCUT2D eigenvalue weighted by atomic mass is 9.87. The molecule has 0 bridgehead atoms. The van der Waals surface area contributed by atoms with Crippen LogP contribution < -0.4 is 0 Å². The first-order chi connectivity index (χ1) is 7.00. The van der Waals surface area contributed by atoms with E-state index in [1.807, 2.05) is 6.08 Å². The molecule has 92 valence electrons. The van der Waals surface area contributed by atoms with Crippen molar-refractivity contribution in [3.63, 3.8) is 0 Å². The van der Waals surface area contributed by atoms with E-state index in [1.165, 1.54) is 5.71 Å². The molecule has 0 aliphatic heterocycles. The molecule has 0 saturated carbocycles. The summed E-state index contributed by atoms with van der Waals surface area (Å²) in [5, 5.41) is 0. The minimum absolute atomic E-state index is 0.0603. The Morgan fingerprint density at radius 1 is 0.938 bits per heavy atom. The van der Waals surface area contributed by atoms with E-state index < -0.39 is 0 Å². The molecule has 0 fully saturated rings. The molecule has 0 N–H and O–H groups in total. The molecule has 0 aromatic rings. The van der Waals surface area contributed by atoms with Gasteiger partial charge in [-0.15, -0.1) is 0 Å². The summed E-state index contributed by atoms with van der Waals surface area (Å²) in [4.78, 5) is 4.81. The standard InChI is InChI=1S/C15H27N/c1-10-11(2)13(15(7,8)9)16-12(3)14(4,5)6/h10H,1H2,2-9H3/b13-11-,16-12+. The smallest absolute Gasteiger partial charge is 0.0485 e. The summed E-state index contributed by atoms with van der Waals surface area (Å²) < 4.78 is 0. The van der Waals surface area contributed by atoms with Crippen molar-refractivity contribution in [3.8, 4) is 0 Å². The van der Waals surface area contributed by atoms with Gasteiger partial charge in [-0.25, -0.2) is 0 Å². The van der Waals surface area contributed by atoms with Crippen molar-refractivity contribution in [2.75, 3.05) is 0 Å². The van der Waals surface area contributed by atoms with E-state index in [-0.39, 0.29) is 10.8 Å². The highest BCUT2D eigenvalue weighted by Gasteiger charge is 2.21. The molecule has 0 heterocycles. The summed E-state index contributed by atoms with van der Waals surface area (Å²) in [5.41, 5.74) is 3.65. The number of hydrogen-bond donors (Lipinski definition) is 0. The fraction of sp³-hybridized carbons (Fsp3) is 0.667. The van der Waals surface area contributed by atoms with Gasteiger partial charge in [-0.2, -0.15) is 0 Å². The van der Waals surface area contributed by atoms with Crippen LogP contribution in [0.2, 0.25) is 0 Å². The van der Waals surface area contributed by atoms with Crippen LogP contribution in [0, 0.1) is 10.8 Å². The normalized spacial score (nSPS) is 15.9. The molecule has 0 amide bonds. The maximum Gasteiger partial charge on any atom is 0.0485 e. The Balaban J connectivity index is 5.54. The van der Waals surface area contributed by atoms with Crippen molar-refractivity contribution >= 4 is 5.71 Å². The van der Waals surface area contributed by atoms with Crippen LogP contribution in [0.15, 0.2) is 28.9 Å². The van der Waals surface area contributed by atoms with Crippen molar-refractivity contribution in [2.24, 2.45) is 15.8 Å². The lowest BCUT2D eigenvalue weighted by Gasteiger charge is -2.25. The third-order valence-corrected chi connectivity index (χ3v) is 2.76. The first kappa shape index (κ1) is 15.2. The molecule has 0 spiro atoms. The third kappa shape index (κ3) is 4.34. The van der Waals surface area contributed by atoms with Gasteiger partial charge in [-0.05, 0) is 24.8 Å². The predicted octanol–water partition coefficient (Wildman–Crippen LogP) is 5.00. The Hall–Kier alpha value is -0.850. The third-order valence-electron chi connectivity index (χ3n) is 2.76. The molecule has 0 unspecified atom stereocenters. The molecule has 1 nitrogen and oxygen atoms in total. The second-order valence-electron chi connectivity index (χ2n) is 6.43. The number of allylic oxidation sites excluding steroid dienone is 3. The van der Waals surface area contributed by atoms with Crippen LogP contribution in [0.4, 0.5) is 0 Å². The van der Waals surface area contributed by atoms with Gasteiger partial charge in [0.2, 0.25) is 0 Å². The summed E-state index contributed by atoms with van der Waals surface area (Å²) in [6.07, 6.45) is 1.89. The Morgan fingerprint density at radius 2 is 1.38 bits per heavy atom. The Kier molecular flexibility index (Phi) is 4.72. The van der Waals surface area contributed by atoms with Gasteiger partial charge in [-0.1, -0.05) is 54.2 Å². The highest BCUT2D eigenvalue weighted by atomic mass is 14.8. The molecule has 0 saturated heterocycles. The second kappa shape index (κ2) is 4.99. The zero-order chi connectivity index (χ0) is 13.1. The Bertz CT molecular complexity index is 316. The molecule has 1 heteroatoms. The summed E-state index contributed by atoms with van der Waals surface area (Å²) in [6, 6.07) is 0. The molecule has 0 aliphatic rings. The highest BCUT2D eigenvalue weighted by molar-refractivity contribution is 5.87. The van der Waals surface area contributed by atoms with Crippen molar-refractivity contribution < 1.29 is 0 Å². The predicted molar refractivity (Wildman–Crippen MR) is 74.9 cm³/mol. The van der Waals surface area contributed by atoms with Gasteiger partial charge in [0.05, 0.1) is 0 Å². The Morgan fingerprint density at radius 3 is 1.62 bits per heavy atom. The topological polar surface area (TPSA) is 12.4 Å². The monoisotopic (exact) mass is 221 g/mol. The first-order valence-corrected chi connectivity index (χ1v) is 5.89. The van der Waals surface area contributed by atoms with Gasteiger partial charge in [0, 0.05) is 16.8 Å². The van der Waals surface area contributed by atoms with Gasteiger partial charge in [-0.3, -0.25) is 4.99 Å². The molecule has 16 heavy (non-hydrogen) atoms. The van der Waals surface area contributed by atoms with Crippen molar-refractivity contribution in [2.45, 2.75) is 55.4 Å². The molecular formula is C15H27N. The molecule has 0 radical (unpaired) electrons. The maximum atomic E-state index is 4.81. The second-order valence-corrected chi connectivity index (χ2v) is 6.43. The fourth-order valence-electron chi connectivity index (χ4n) is 1.28. The van der Waals surface area contributed by atoms with Gasteiger partial charge in [0.25, 0.3) is 0 Å². The van der Waals surface area contributed by atoms with E-state index in [0.29, 0.717) is 0 Å². The summed E-state index contributed by atoms with van der Waals surface area (Å²) in [5.74, 6) is 0. The maximum absolute atomic E-state index is 4.81. The van der Waals surface area contributed by atoms with Crippen LogP contribution in [0.25, 0.3) is 0 Å². The number of rotatable bonds is 2. The van der Waals surface area contributed by atoms with E-state index in [9.17, 15) is 0 Å². The largest absolute Gasteiger partial charge is 0.261 e. The molecule has 0 rings (SSSR count). The average Bonchev–Trinajstić information content (AvgIpc) is 2.09. The minimum Gasteiger partial charge on any atom is -0.261 e. The van der Waals surface area contributed by atoms with Crippen molar-refractivity contribution in [1.82, 2.24) is 0 Å². The van der Waals surface area contributed by atoms with E-state index in [0.717, 1.165) is 11.3 Å². The van der Waals surface area contributed by atoms with E-state index >= 15 is 0 Å². The van der Waals surface area contributed by atoms with Crippen LogP contribution in [-0.4, -0.2) is 5.71 Å². The number of hydrogen-bond acceptors (Lipinski definition) is 1. The van der Waals surface area contributed by atoms with E-state index in [4.69, 9.17) is 4.99 Å². The molecule has 0 aliphatic carbocycles. The lowest BCUT2D eigenvalue weighted by molar-refractivity contribution is 0.490. The molecular weight excluding hydrogens is 194 g/mol. The zero-order valence-corrected chi connectivity index (χ0v) is 12.2. The van der Waals surface area contributed by atoms with Gasteiger partial charge >= 0.3 is 0 Å². The van der Waals surface area contributed by atoms with Crippen LogP contribution in [0.3, 0.4) is 0 Å². The van der Waals surface area contributed by atoms with Crippen LogP contribution in [0.1, 0.15) is 55.4 Å². The first-order valence-electron chi connectivity index (χ1n) is 5.89. The van der Waals surface area contributed by atoms with E-state index in [1.54, 1.807) is 0 Å². The van der Waals surface area contributed by atoms with Crippen molar-refractivity contribution in [3.05, 3.63) is 23.9 Å². The van der Waals surface area contributed by atoms with Crippen LogP contribution >= 0.6 is 0 Å². The van der Waals surface area contributed by atoms with Gasteiger partial charge in [0.15, 0.2) is 0 Å². The van der Waals surface area contributed by atoms with E-state index in [2.05, 4.69) is 62.0 Å². The molecule has 0 aromatic carbocycles. The Labute approximate surface area is 101 Å². The SMILES string of the molecule is C=C/C(C)=C(\N=C(/C)C(C)(C)C)C(C)(C)C. The summed E-state index contributed by atoms with van der Waals surface area (Å²) in [6.45, 7) is 21.2. The summed E-state index contributed by atoms with van der Waals surface area (Å²) in [7, 11) is 0. The minimum atomic E-state index is 0.0603. The van der Waals surface area contributed by atoms with Gasteiger partial charge in [0.1, 0.15) is 0 Å². The molecule has 0 atom stereocenters. The zero-order valence-electron chi connectivity index (χ0n) is 12.2. The fourth-order valence-corrected chi connectivity index (χ4v) is 1.28. The highest BCUT2D eigenvalue weighted by Crippen LogP contribution is 2.31. The lowest BCUT2D eigenvalue weighted by Crippen LogP contribution is -2.19. The van der Waals surface area contributed by atoms with Gasteiger partial charge < -0.3 is 0 Å². The average molecular weight is 221 g/mol. The van der Waals surface area contributed by atoms with Crippen molar-refractivity contribution in [1.29, 1.82) is 0 Å². The number of aliphatic imine (C=N–C) groups is 1. The van der Waals surface area contributed by atoms with Crippen LogP contribution in [-0.2, 0) is 0 Å². The summed E-state index contributed by atoms with van der Waals surface area (Å²) >= 11 is 0. The molecule has 0 aromatic heterocycles. The quantitative estimate of drug-likeness (QED) is 0.459. The number of nitrogens with zero attached hydrogens (tertiary/aromatic N) is 1.